The number of nitrogens with two attached hydrogens (primary N) is 1. The van der Waals surface area contributed by atoms with Crippen molar-refractivity contribution >= 4 is 23.5 Å². The van der Waals surface area contributed by atoms with E-state index in [0.29, 0.717) is 24.1 Å². The number of hydrogen-bond acceptors (Lipinski definition) is 6. The average molecular weight is 322 g/mol. The maximum absolute atomic E-state index is 11.6. The SMILES string of the molecule is CCC(CC)C(=O)NOC(=O)CC(=O)OCc1cccc(N)c1. The second-order valence-corrected chi connectivity index (χ2v) is 5.04. The molecular weight excluding hydrogens is 300 g/mol. The van der Waals surface area contributed by atoms with E-state index in [9.17, 15) is 14.4 Å². The molecule has 1 rings (SSSR count). The number of carbonyl (C=O) groups excluding carboxylic acids is 3. The lowest BCUT2D eigenvalue weighted by atomic mass is 10.0. The summed E-state index contributed by atoms with van der Waals surface area (Å²) in [6, 6.07) is 6.87. The fourth-order valence-corrected chi connectivity index (χ4v) is 1.90. The minimum Gasteiger partial charge on any atom is -0.460 e. The lowest BCUT2D eigenvalue weighted by Gasteiger charge is -2.12. The molecular formula is C16H22N2O5. The first-order valence-electron chi connectivity index (χ1n) is 7.45. The minimum atomic E-state index is -0.873. The summed E-state index contributed by atoms with van der Waals surface area (Å²) < 4.78 is 4.94. The summed E-state index contributed by atoms with van der Waals surface area (Å²) >= 11 is 0. The highest BCUT2D eigenvalue weighted by atomic mass is 16.7. The van der Waals surface area contributed by atoms with Crippen LogP contribution in [0.15, 0.2) is 24.3 Å². The summed E-state index contributed by atoms with van der Waals surface area (Å²) in [5.74, 6) is -2.22. The summed E-state index contributed by atoms with van der Waals surface area (Å²) in [7, 11) is 0. The topological polar surface area (TPSA) is 108 Å². The Kier molecular flexibility index (Phi) is 7.59. The number of hydroxylamine groups is 1. The highest BCUT2D eigenvalue weighted by Crippen LogP contribution is 2.09. The average Bonchev–Trinajstić information content (AvgIpc) is 2.52. The van der Waals surface area contributed by atoms with Gasteiger partial charge in [-0.1, -0.05) is 26.0 Å². The molecule has 0 bridgehead atoms. The van der Waals surface area contributed by atoms with Crippen LogP contribution in [0.1, 0.15) is 38.7 Å². The van der Waals surface area contributed by atoms with Gasteiger partial charge in [-0.25, -0.2) is 4.79 Å². The van der Waals surface area contributed by atoms with Gasteiger partial charge >= 0.3 is 11.9 Å². The number of anilines is 1. The number of hydrogen-bond donors (Lipinski definition) is 2. The molecule has 7 heteroatoms. The first-order valence-corrected chi connectivity index (χ1v) is 7.45. The Morgan fingerprint density at radius 1 is 1.17 bits per heavy atom. The van der Waals surface area contributed by atoms with Crippen molar-refractivity contribution in [3.05, 3.63) is 29.8 Å². The van der Waals surface area contributed by atoms with Gasteiger partial charge in [-0.3, -0.25) is 9.59 Å². The maximum Gasteiger partial charge on any atom is 0.343 e. The van der Waals surface area contributed by atoms with Crippen LogP contribution < -0.4 is 11.2 Å². The number of rotatable bonds is 7. The van der Waals surface area contributed by atoms with E-state index in [4.69, 9.17) is 10.5 Å². The van der Waals surface area contributed by atoms with Gasteiger partial charge in [0.05, 0.1) is 0 Å². The van der Waals surface area contributed by atoms with Crippen molar-refractivity contribution in [2.75, 3.05) is 5.73 Å². The fourth-order valence-electron chi connectivity index (χ4n) is 1.90. The number of esters is 1. The van der Waals surface area contributed by atoms with E-state index in [1.165, 1.54) is 0 Å². The van der Waals surface area contributed by atoms with Gasteiger partial charge in [0, 0.05) is 11.6 Å². The zero-order valence-corrected chi connectivity index (χ0v) is 13.3. The van der Waals surface area contributed by atoms with Crippen molar-refractivity contribution in [1.29, 1.82) is 0 Å². The Balaban J connectivity index is 2.31. The third kappa shape index (κ3) is 6.82. The normalized spacial score (nSPS) is 10.2. The first kappa shape index (κ1) is 18.5. The number of nitrogens with one attached hydrogen (secondary N) is 1. The van der Waals surface area contributed by atoms with E-state index in [-0.39, 0.29) is 18.4 Å². The predicted octanol–water partition coefficient (Wildman–Crippen LogP) is 1.71. The van der Waals surface area contributed by atoms with Crippen LogP contribution in [0.2, 0.25) is 0 Å². The molecule has 0 aliphatic heterocycles. The molecule has 0 aliphatic carbocycles. The zero-order valence-electron chi connectivity index (χ0n) is 13.3. The van der Waals surface area contributed by atoms with Gasteiger partial charge < -0.3 is 15.3 Å². The van der Waals surface area contributed by atoms with Crippen LogP contribution in [-0.2, 0) is 30.6 Å². The van der Waals surface area contributed by atoms with Gasteiger partial charge in [-0.05, 0) is 30.5 Å². The van der Waals surface area contributed by atoms with Crippen LogP contribution in [-0.4, -0.2) is 17.8 Å². The largest absolute Gasteiger partial charge is 0.460 e. The summed E-state index contributed by atoms with van der Waals surface area (Å²) in [4.78, 5) is 39.2. The third-order valence-electron chi connectivity index (χ3n) is 3.26. The molecule has 1 amide bonds. The first-order chi connectivity index (χ1) is 11.0. The predicted molar refractivity (Wildman–Crippen MR) is 83.6 cm³/mol. The van der Waals surface area contributed by atoms with Crippen molar-refractivity contribution in [1.82, 2.24) is 5.48 Å². The highest BCUT2D eigenvalue weighted by Gasteiger charge is 2.18. The summed E-state index contributed by atoms with van der Waals surface area (Å²) in [6.45, 7) is 3.74. The Hall–Kier alpha value is -2.57. The summed E-state index contributed by atoms with van der Waals surface area (Å²) in [5.41, 5.74) is 8.94. The molecule has 7 nitrogen and oxygen atoms in total. The molecule has 0 aliphatic rings. The van der Waals surface area contributed by atoms with Crippen LogP contribution in [0.3, 0.4) is 0 Å². The van der Waals surface area contributed by atoms with Gasteiger partial charge in [-0.15, -0.1) is 0 Å². The van der Waals surface area contributed by atoms with Crippen LogP contribution in [0.4, 0.5) is 5.69 Å². The third-order valence-corrected chi connectivity index (χ3v) is 3.26. The molecule has 3 N–H and O–H groups in total. The lowest BCUT2D eigenvalue weighted by molar-refractivity contribution is -0.165. The van der Waals surface area contributed by atoms with E-state index in [1.54, 1.807) is 24.3 Å². The Morgan fingerprint density at radius 3 is 2.48 bits per heavy atom. The van der Waals surface area contributed by atoms with Crippen LogP contribution in [0.5, 0.6) is 0 Å². The molecule has 0 spiro atoms. The Bertz CT molecular complexity index is 555. The van der Waals surface area contributed by atoms with Crippen molar-refractivity contribution < 1.29 is 24.0 Å². The van der Waals surface area contributed by atoms with Gasteiger partial charge in [0.2, 0.25) is 0 Å². The molecule has 0 saturated carbocycles. The van der Waals surface area contributed by atoms with Crippen molar-refractivity contribution in [3.63, 3.8) is 0 Å². The number of ether oxygens (including phenoxy) is 1. The monoisotopic (exact) mass is 322 g/mol. The van der Waals surface area contributed by atoms with E-state index in [2.05, 4.69) is 10.3 Å². The maximum atomic E-state index is 11.6. The molecule has 1 aromatic rings. The quantitative estimate of drug-likeness (QED) is 0.342. The summed E-state index contributed by atoms with van der Waals surface area (Å²) in [6.07, 6.45) is 0.704. The molecule has 0 radical (unpaired) electrons. The van der Waals surface area contributed by atoms with Crippen molar-refractivity contribution in [3.8, 4) is 0 Å². The van der Waals surface area contributed by atoms with Gasteiger partial charge in [0.25, 0.3) is 5.91 Å². The Morgan fingerprint density at radius 2 is 1.87 bits per heavy atom. The smallest absolute Gasteiger partial charge is 0.343 e. The molecule has 0 fully saturated rings. The zero-order chi connectivity index (χ0) is 17.2. The molecule has 0 saturated heterocycles. The van der Waals surface area contributed by atoms with Gasteiger partial charge in [-0.2, -0.15) is 5.48 Å². The molecule has 0 atom stereocenters. The highest BCUT2D eigenvalue weighted by molar-refractivity contribution is 5.91. The standard InChI is InChI=1S/C16H22N2O5/c1-3-12(4-2)16(21)18-23-15(20)9-14(19)22-10-11-6-5-7-13(17)8-11/h5-8,12H,3-4,9-10,17H2,1-2H3,(H,18,21). The van der Waals surface area contributed by atoms with Crippen LogP contribution in [0.25, 0.3) is 0 Å². The molecule has 0 aromatic heterocycles. The Labute approximate surface area is 135 Å². The minimum absolute atomic E-state index is 0.0112. The number of benzene rings is 1. The van der Waals surface area contributed by atoms with Crippen molar-refractivity contribution in [2.45, 2.75) is 39.7 Å². The fraction of sp³-hybridized carbons (Fsp3) is 0.438. The second-order valence-electron chi connectivity index (χ2n) is 5.04. The molecule has 1 aromatic carbocycles. The van der Waals surface area contributed by atoms with E-state index in [1.807, 2.05) is 13.8 Å². The molecule has 126 valence electrons. The van der Waals surface area contributed by atoms with E-state index in [0.717, 1.165) is 0 Å². The second kappa shape index (κ2) is 9.45. The lowest BCUT2D eigenvalue weighted by Crippen LogP contribution is -2.33. The number of carbonyl (C=O) groups is 3. The van der Waals surface area contributed by atoms with Crippen LogP contribution >= 0.6 is 0 Å². The number of nitrogen functional groups attached to an aromatic ring is 1. The molecule has 0 heterocycles. The van der Waals surface area contributed by atoms with Crippen LogP contribution in [0, 0.1) is 5.92 Å². The molecule has 23 heavy (non-hydrogen) atoms. The van der Waals surface area contributed by atoms with E-state index >= 15 is 0 Å². The van der Waals surface area contributed by atoms with E-state index < -0.39 is 18.4 Å². The van der Waals surface area contributed by atoms with Crippen molar-refractivity contribution in [2.24, 2.45) is 5.92 Å². The molecule has 0 unspecified atom stereocenters. The summed E-state index contributed by atoms with van der Waals surface area (Å²) in [5, 5.41) is 0. The number of amides is 1. The van der Waals surface area contributed by atoms with Gasteiger partial charge in [0.15, 0.2) is 0 Å². The van der Waals surface area contributed by atoms with Gasteiger partial charge in [0.1, 0.15) is 13.0 Å².